The van der Waals surface area contributed by atoms with E-state index in [-0.39, 0.29) is 13.2 Å². The summed E-state index contributed by atoms with van der Waals surface area (Å²) in [5.74, 6) is 1.46. The highest BCUT2D eigenvalue weighted by Gasteiger charge is 2.09. The minimum absolute atomic E-state index is 0.191. The molecule has 8 heteroatoms. The number of para-hydroxylation sites is 2. The fourth-order valence-electron chi connectivity index (χ4n) is 3.08. The topological polar surface area (TPSA) is 97.1 Å². The van der Waals surface area contributed by atoms with Gasteiger partial charge >= 0.3 is 5.69 Å². The quantitative estimate of drug-likeness (QED) is 0.494. The van der Waals surface area contributed by atoms with Crippen LogP contribution in [-0.4, -0.2) is 16.2 Å². The SMILES string of the molecule is N#Cc1ccc2c(Cl)cc(Oc3ccccc3OCCn3ccc(=O)[nH]c3=O)cc2c1. The predicted octanol–water partition coefficient (Wildman–Crippen LogP) is 4.09. The van der Waals surface area contributed by atoms with Gasteiger partial charge in [0.2, 0.25) is 0 Å². The molecule has 154 valence electrons. The number of nitriles is 1. The van der Waals surface area contributed by atoms with Crippen molar-refractivity contribution < 1.29 is 9.47 Å². The summed E-state index contributed by atoms with van der Waals surface area (Å²) >= 11 is 6.39. The molecule has 7 nitrogen and oxygen atoms in total. The summed E-state index contributed by atoms with van der Waals surface area (Å²) in [6.45, 7) is 0.443. The highest BCUT2D eigenvalue weighted by atomic mass is 35.5. The fraction of sp³-hybridized carbons (Fsp3) is 0.0870. The predicted molar refractivity (Wildman–Crippen MR) is 117 cm³/mol. The minimum Gasteiger partial charge on any atom is -0.488 e. The van der Waals surface area contributed by atoms with E-state index in [0.29, 0.717) is 27.8 Å². The number of hydrogen-bond donors (Lipinski definition) is 1. The molecule has 0 unspecified atom stereocenters. The molecule has 0 fully saturated rings. The molecular weight excluding hydrogens is 418 g/mol. The number of aromatic amines is 1. The van der Waals surface area contributed by atoms with E-state index in [1.54, 1.807) is 48.5 Å². The minimum atomic E-state index is -0.497. The Hall–Kier alpha value is -4.02. The van der Waals surface area contributed by atoms with Crippen LogP contribution in [-0.2, 0) is 6.54 Å². The van der Waals surface area contributed by atoms with Crippen LogP contribution in [0, 0.1) is 11.3 Å². The first-order valence-electron chi connectivity index (χ1n) is 9.36. The third kappa shape index (κ3) is 4.60. The number of H-pyrrole nitrogens is 1. The molecule has 1 heterocycles. The van der Waals surface area contributed by atoms with Gasteiger partial charge in [0.15, 0.2) is 11.5 Å². The molecule has 0 amide bonds. The summed E-state index contributed by atoms with van der Waals surface area (Å²) in [5.41, 5.74) is -0.415. The number of nitrogens with one attached hydrogen (secondary N) is 1. The second-order valence-corrected chi connectivity index (χ2v) is 7.06. The van der Waals surface area contributed by atoms with Crippen molar-refractivity contribution in [3.8, 4) is 23.3 Å². The van der Waals surface area contributed by atoms with Crippen molar-refractivity contribution in [2.75, 3.05) is 6.61 Å². The standard InChI is InChI=1S/C23H16ClN3O4/c24-19-13-17(12-16-11-15(14-25)5-6-18(16)19)31-21-4-2-1-3-20(21)30-10-9-27-8-7-22(28)26-23(27)29/h1-8,11-13H,9-10H2,(H,26,28,29). The Morgan fingerprint density at radius 3 is 2.61 bits per heavy atom. The van der Waals surface area contributed by atoms with Gasteiger partial charge in [-0.2, -0.15) is 5.26 Å². The van der Waals surface area contributed by atoms with Gasteiger partial charge < -0.3 is 9.47 Å². The molecule has 0 aliphatic rings. The van der Waals surface area contributed by atoms with Crippen LogP contribution in [0.15, 0.2) is 76.4 Å². The van der Waals surface area contributed by atoms with Crippen LogP contribution >= 0.6 is 11.6 Å². The maximum Gasteiger partial charge on any atom is 0.328 e. The lowest BCUT2D eigenvalue weighted by Gasteiger charge is -2.14. The van der Waals surface area contributed by atoms with Gasteiger partial charge in [-0.25, -0.2) is 4.79 Å². The Bertz CT molecular complexity index is 1420. The summed E-state index contributed by atoms with van der Waals surface area (Å²) in [6, 6.07) is 19.3. The summed E-state index contributed by atoms with van der Waals surface area (Å²) in [5, 5.41) is 11.3. The Kier molecular flexibility index (Phi) is 5.74. The molecule has 3 aromatic carbocycles. The zero-order chi connectivity index (χ0) is 21.8. The number of fused-ring (bicyclic) bond motifs is 1. The van der Waals surface area contributed by atoms with E-state index >= 15 is 0 Å². The summed E-state index contributed by atoms with van der Waals surface area (Å²) < 4.78 is 13.2. The Labute approximate surface area is 181 Å². The van der Waals surface area contributed by atoms with Crippen LogP contribution in [0.4, 0.5) is 0 Å². The number of halogens is 1. The highest BCUT2D eigenvalue weighted by Crippen LogP contribution is 2.35. The van der Waals surface area contributed by atoms with Crippen molar-refractivity contribution in [2.24, 2.45) is 0 Å². The average Bonchev–Trinajstić information content (AvgIpc) is 2.76. The van der Waals surface area contributed by atoms with Gasteiger partial charge in [0.1, 0.15) is 12.4 Å². The van der Waals surface area contributed by atoms with Crippen molar-refractivity contribution in [3.63, 3.8) is 0 Å². The summed E-state index contributed by atoms with van der Waals surface area (Å²) in [6.07, 6.45) is 1.42. The lowest BCUT2D eigenvalue weighted by atomic mass is 10.1. The van der Waals surface area contributed by atoms with Crippen molar-refractivity contribution >= 4 is 22.4 Å². The van der Waals surface area contributed by atoms with Crippen LogP contribution in [0.5, 0.6) is 17.2 Å². The third-order valence-corrected chi connectivity index (χ3v) is 4.88. The van der Waals surface area contributed by atoms with Crippen molar-refractivity contribution in [1.29, 1.82) is 5.26 Å². The zero-order valence-corrected chi connectivity index (χ0v) is 16.9. The maximum atomic E-state index is 11.8. The summed E-state index contributed by atoms with van der Waals surface area (Å²) in [7, 11) is 0. The fourth-order valence-corrected chi connectivity index (χ4v) is 3.36. The number of hydrogen-bond acceptors (Lipinski definition) is 5. The Morgan fingerprint density at radius 2 is 1.84 bits per heavy atom. The average molecular weight is 434 g/mol. The lowest BCUT2D eigenvalue weighted by Crippen LogP contribution is -2.30. The molecule has 0 atom stereocenters. The van der Waals surface area contributed by atoms with E-state index in [2.05, 4.69) is 11.1 Å². The second kappa shape index (κ2) is 8.78. The first kappa shape index (κ1) is 20.3. The number of aromatic nitrogens is 2. The molecule has 1 N–H and O–H groups in total. The van der Waals surface area contributed by atoms with Crippen molar-refractivity contribution in [2.45, 2.75) is 6.54 Å². The smallest absolute Gasteiger partial charge is 0.328 e. The first-order chi connectivity index (χ1) is 15.0. The normalized spacial score (nSPS) is 10.6. The van der Waals surface area contributed by atoms with E-state index in [1.807, 2.05) is 6.07 Å². The van der Waals surface area contributed by atoms with Gasteiger partial charge in [-0.3, -0.25) is 14.3 Å². The third-order valence-electron chi connectivity index (χ3n) is 4.57. The van der Waals surface area contributed by atoms with Gasteiger partial charge in [-0.15, -0.1) is 0 Å². The van der Waals surface area contributed by atoms with Gasteiger partial charge in [0.05, 0.1) is 23.2 Å². The highest BCUT2D eigenvalue weighted by molar-refractivity contribution is 6.35. The van der Waals surface area contributed by atoms with Crippen LogP contribution in [0.25, 0.3) is 10.8 Å². The molecule has 0 spiro atoms. The van der Waals surface area contributed by atoms with Crippen LogP contribution < -0.4 is 20.7 Å². The molecular formula is C23H16ClN3O4. The number of ether oxygens (including phenoxy) is 2. The number of benzene rings is 3. The maximum absolute atomic E-state index is 11.8. The van der Waals surface area contributed by atoms with Gasteiger partial charge in [0, 0.05) is 23.7 Å². The molecule has 0 bridgehead atoms. The summed E-state index contributed by atoms with van der Waals surface area (Å²) in [4.78, 5) is 25.1. The van der Waals surface area contributed by atoms with E-state index < -0.39 is 11.2 Å². The number of nitrogens with zero attached hydrogens (tertiary/aromatic N) is 2. The Morgan fingerprint density at radius 1 is 1.03 bits per heavy atom. The number of rotatable bonds is 6. The molecule has 0 aliphatic heterocycles. The monoisotopic (exact) mass is 433 g/mol. The van der Waals surface area contributed by atoms with E-state index in [0.717, 1.165) is 10.8 Å². The van der Waals surface area contributed by atoms with Gasteiger partial charge in [0.25, 0.3) is 5.56 Å². The van der Waals surface area contributed by atoms with E-state index in [1.165, 1.54) is 16.8 Å². The Balaban J connectivity index is 1.54. The molecule has 0 radical (unpaired) electrons. The molecule has 1 aromatic heterocycles. The van der Waals surface area contributed by atoms with Crippen molar-refractivity contribution in [1.82, 2.24) is 9.55 Å². The molecule has 0 aliphatic carbocycles. The van der Waals surface area contributed by atoms with E-state index in [9.17, 15) is 9.59 Å². The largest absolute Gasteiger partial charge is 0.488 e. The molecule has 31 heavy (non-hydrogen) atoms. The van der Waals surface area contributed by atoms with Gasteiger partial charge in [-0.05, 0) is 35.7 Å². The first-order valence-corrected chi connectivity index (χ1v) is 9.74. The molecule has 4 rings (SSSR count). The molecule has 0 saturated heterocycles. The zero-order valence-electron chi connectivity index (χ0n) is 16.2. The van der Waals surface area contributed by atoms with E-state index in [4.69, 9.17) is 26.3 Å². The van der Waals surface area contributed by atoms with Crippen molar-refractivity contribution in [3.05, 3.63) is 98.3 Å². The second-order valence-electron chi connectivity index (χ2n) is 6.65. The molecule has 0 saturated carbocycles. The van der Waals surface area contributed by atoms with Crippen LogP contribution in [0.2, 0.25) is 5.02 Å². The van der Waals surface area contributed by atoms with Crippen LogP contribution in [0.3, 0.4) is 0 Å². The van der Waals surface area contributed by atoms with Crippen LogP contribution in [0.1, 0.15) is 5.56 Å². The van der Waals surface area contributed by atoms with Gasteiger partial charge in [-0.1, -0.05) is 29.8 Å². The lowest BCUT2D eigenvalue weighted by molar-refractivity contribution is 0.283. The molecule has 4 aromatic rings.